The van der Waals surface area contributed by atoms with Crippen molar-refractivity contribution in [1.82, 2.24) is 0 Å². The average Bonchev–Trinajstić information content (AvgIpc) is 3.65. The zero-order chi connectivity index (χ0) is 31.0. The monoisotopic (exact) mass is 759 g/mol. The van der Waals surface area contributed by atoms with Crippen molar-refractivity contribution in [2.24, 2.45) is 4.99 Å². The Labute approximate surface area is 294 Å². The molecule has 4 rings (SSSR count). The lowest BCUT2D eigenvalue weighted by Gasteiger charge is -2.10. The molecule has 0 amide bonds. The van der Waals surface area contributed by atoms with Gasteiger partial charge in [0.05, 0.1) is 28.7 Å². The Morgan fingerprint density at radius 3 is 1.23 bits per heavy atom. The lowest BCUT2D eigenvalue weighted by molar-refractivity contribution is 0.555. The summed E-state index contributed by atoms with van der Waals surface area (Å²) in [6, 6.07) is 11.8. The Morgan fingerprint density at radius 2 is 0.841 bits per heavy atom. The first-order chi connectivity index (χ1) is 21.6. The Morgan fingerprint density at radius 1 is 0.477 bits per heavy atom. The van der Waals surface area contributed by atoms with E-state index in [2.05, 4.69) is 76.0 Å². The summed E-state index contributed by atoms with van der Waals surface area (Å²) >= 11 is 11.1. The summed E-state index contributed by atoms with van der Waals surface area (Å²) in [6.07, 6.45) is 30.1. The molecule has 0 aliphatic heterocycles. The van der Waals surface area contributed by atoms with Crippen LogP contribution in [0.5, 0.6) is 0 Å². The predicted molar refractivity (Wildman–Crippen MR) is 206 cm³/mol. The van der Waals surface area contributed by atoms with Crippen molar-refractivity contribution in [3.63, 3.8) is 0 Å². The van der Waals surface area contributed by atoms with Gasteiger partial charge in [-0.15, -0.1) is 22.7 Å². The summed E-state index contributed by atoms with van der Waals surface area (Å²) in [4.78, 5) is 8.09. The maximum atomic E-state index is 5.38. The van der Waals surface area contributed by atoms with Crippen LogP contribution < -0.4 is 0 Å². The third-order valence-electron chi connectivity index (χ3n) is 9.04. The Bertz CT molecular complexity index is 1200. The van der Waals surface area contributed by atoms with Gasteiger partial charge in [-0.1, -0.05) is 135 Å². The van der Waals surface area contributed by atoms with Crippen LogP contribution in [0.2, 0.25) is 0 Å². The van der Waals surface area contributed by atoms with Gasteiger partial charge in [0.2, 0.25) is 0 Å². The average molecular weight is 762 g/mol. The molecular weight excluding hydrogens is 706 g/mol. The second kappa shape index (κ2) is 20.5. The van der Waals surface area contributed by atoms with E-state index < -0.39 is 0 Å². The molecule has 0 bridgehead atoms. The zero-order valence-corrected chi connectivity index (χ0v) is 32.3. The van der Waals surface area contributed by atoms with Gasteiger partial charge in [-0.05, 0) is 92.9 Å². The Kier molecular flexibility index (Phi) is 16.8. The number of nitrogens with zero attached hydrogens (tertiary/aromatic N) is 1. The van der Waals surface area contributed by atoms with Gasteiger partial charge in [0.15, 0.2) is 0 Å². The van der Waals surface area contributed by atoms with Gasteiger partial charge in [-0.2, -0.15) is 0 Å². The molecule has 1 aliphatic rings. The normalized spacial score (nSPS) is 12.2. The highest BCUT2D eigenvalue weighted by atomic mass is 79.9. The van der Waals surface area contributed by atoms with Crippen molar-refractivity contribution < 1.29 is 0 Å². The van der Waals surface area contributed by atoms with Gasteiger partial charge >= 0.3 is 0 Å². The summed E-state index contributed by atoms with van der Waals surface area (Å²) < 4.78 is 2.36. The summed E-state index contributed by atoms with van der Waals surface area (Å²) in [5.41, 5.74) is 7.80. The summed E-state index contributed by atoms with van der Waals surface area (Å²) in [7, 11) is 0. The lowest BCUT2D eigenvalue weighted by atomic mass is 9.98. The fourth-order valence-electron chi connectivity index (χ4n) is 6.54. The minimum absolute atomic E-state index is 1.13. The van der Waals surface area contributed by atoms with E-state index in [0.29, 0.717) is 0 Å². The second-order valence-electron chi connectivity index (χ2n) is 12.9. The second-order valence-corrected chi connectivity index (χ2v) is 17.8. The molecule has 1 nitrogen and oxygen atoms in total. The molecular formula is C39H55Br2NS2. The molecule has 5 heteroatoms. The molecule has 0 unspecified atom stereocenters. The number of benzene rings is 1. The molecule has 0 saturated heterocycles. The first-order valence-electron chi connectivity index (χ1n) is 17.9. The van der Waals surface area contributed by atoms with Crippen LogP contribution >= 0.6 is 54.5 Å². The maximum Gasteiger partial charge on any atom is 0.0812 e. The van der Waals surface area contributed by atoms with Crippen molar-refractivity contribution in [2.45, 2.75) is 155 Å². The van der Waals surface area contributed by atoms with Gasteiger partial charge in [0, 0.05) is 11.1 Å². The lowest BCUT2D eigenvalue weighted by Crippen LogP contribution is -1.97. The van der Waals surface area contributed by atoms with Crippen LogP contribution in [0.1, 0.15) is 165 Å². The first kappa shape index (κ1) is 36.1. The molecule has 0 saturated carbocycles. The Balaban J connectivity index is 1.35. The van der Waals surface area contributed by atoms with Gasteiger partial charge in [0.25, 0.3) is 0 Å². The minimum atomic E-state index is 1.13. The van der Waals surface area contributed by atoms with E-state index in [0.717, 1.165) is 11.4 Å². The third-order valence-corrected chi connectivity index (χ3v) is 12.5. The van der Waals surface area contributed by atoms with Crippen molar-refractivity contribution in [1.29, 1.82) is 0 Å². The predicted octanol–water partition coefficient (Wildman–Crippen LogP) is 15.4. The number of rotatable bonds is 23. The molecule has 3 aromatic rings. The number of aryl methyl sites for hydroxylation is 2. The number of fused-ring (bicyclic) bond motifs is 3. The van der Waals surface area contributed by atoms with Crippen LogP contribution in [0.4, 0.5) is 5.69 Å². The third kappa shape index (κ3) is 11.8. The molecule has 44 heavy (non-hydrogen) atoms. The molecule has 1 aliphatic carbocycles. The van der Waals surface area contributed by atoms with Crippen molar-refractivity contribution >= 4 is 65.9 Å². The number of aliphatic imine (C=N–C) groups is 1. The number of unbranched alkanes of at least 4 members (excludes halogenated alkanes) is 18. The van der Waals surface area contributed by atoms with Crippen LogP contribution in [-0.4, -0.2) is 5.71 Å². The van der Waals surface area contributed by atoms with Crippen LogP contribution in [0, 0.1) is 0 Å². The molecule has 0 spiro atoms. The number of halogens is 2. The van der Waals surface area contributed by atoms with Crippen LogP contribution in [0.3, 0.4) is 0 Å². The van der Waals surface area contributed by atoms with Crippen molar-refractivity contribution in [3.8, 4) is 9.75 Å². The SMILES string of the molecule is CCCCCCCCCCCCc1cc(CCCCCCCCCCCC)cc(N=C2c3cc(Br)sc3-c3sc(Br)cc32)c1. The number of hydrogen-bond donors (Lipinski definition) is 0. The van der Waals surface area contributed by atoms with Crippen LogP contribution in [0.15, 0.2) is 42.9 Å². The van der Waals surface area contributed by atoms with E-state index in [9.17, 15) is 0 Å². The highest BCUT2D eigenvalue weighted by Crippen LogP contribution is 2.49. The quantitative estimate of drug-likeness (QED) is 0.0668. The Hall–Kier alpha value is -0.750. The van der Waals surface area contributed by atoms with Gasteiger partial charge in [-0.25, -0.2) is 4.99 Å². The van der Waals surface area contributed by atoms with E-state index in [1.54, 1.807) is 0 Å². The van der Waals surface area contributed by atoms with Crippen molar-refractivity contribution in [3.05, 3.63) is 60.2 Å². The highest BCUT2D eigenvalue weighted by molar-refractivity contribution is 9.11. The molecule has 2 aromatic heterocycles. The molecule has 242 valence electrons. The fourth-order valence-corrected chi connectivity index (χ4v) is 9.89. The van der Waals surface area contributed by atoms with Crippen molar-refractivity contribution in [2.75, 3.05) is 0 Å². The standard InChI is InChI=1S/C39H55Br2NS2/c1-3-5-7-9-11-13-15-17-19-21-23-30-25-31(24-22-20-18-16-14-12-10-8-6-4-2)27-32(26-30)42-37-33-28-35(40)43-38(33)39-34(37)29-36(41)44-39/h25-29H,3-24H2,1-2H3. The highest BCUT2D eigenvalue weighted by Gasteiger charge is 2.30. The van der Waals surface area contributed by atoms with E-state index in [1.807, 2.05) is 22.7 Å². The molecule has 0 atom stereocenters. The largest absolute Gasteiger partial charge is 0.248 e. The van der Waals surface area contributed by atoms with Gasteiger partial charge in [0.1, 0.15) is 0 Å². The first-order valence-corrected chi connectivity index (χ1v) is 21.1. The van der Waals surface area contributed by atoms with Crippen LogP contribution in [-0.2, 0) is 12.8 Å². The smallest absolute Gasteiger partial charge is 0.0812 e. The fraction of sp³-hybridized carbons (Fsp3) is 0.615. The summed E-state index contributed by atoms with van der Waals surface area (Å²) in [5, 5.41) is 0. The maximum absolute atomic E-state index is 5.38. The van der Waals surface area contributed by atoms with E-state index in [-0.39, 0.29) is 0 Å². The summed E-state index contributed by atoms with van der Waals surface area (Å²) in [5.74, 6) is 0. The summed E-state index contributed by atoms with van der Waals surface area (Å²) in [6.45, 7) is 4.60. The van der Waals surface area contributed by atoms with Gasteiger partial charge < -0.3 is 0 Å². The molecule has 0 radical (unpaired) electrons. The van der Waals surface area contributed by atoms with Gasteiger partial charge in [-0.3, -0.25) is 0 Å². The number of hydrogen-bond acceptors (Lipinski definition) is 3. The zero-order valence-electron chi connectivity index (χ0n) is 27.5. The molecule has 1 aromatic carbocycles. The number of thiophene rings is 2. The van der Waals surface area contributed by atoms with E-state index in [4.69, 9.17) is 4.99 Å². The molecule has 0 N–H and O–H groups in total. The van der Waals surface area contributed by atoms with Crippen LogP contribution in [0.25, 0.3) is 9.75 Å². The minimum Gasteiger partial charge on any atom is -0.248 e. The topological polar surface area (TPSA) is 12.4 Å². The van der Waals surface area contributed by atoms with E-state index >= 15 is 0 Å². The molecule has 2 heterocycles. The molecule has 0 fully saturated rings. The van der Waals surface area contributed by atoms with E-state index in [1.165, 1.54) is 181 Å².